The summed E-state index contributed by atoms with van der Waals surface area (Å²) in [5.41, 5.74) is 1.47. The molecule has 0 bridgehead atoms. The predicted molar refractivity (Wildman–Crippen MR) is 83.9 cm³/mol. The minimum absolute atomic E-state index is 0.182. The number of phenolic OH excluding ortho intramolecular Hbond substituents is 1. The lowest BCUT2D eigenvalue weighted by molar-refractivity contribution is 0.131. The molecular formula is C17H28N2O. The number of hydrogen-bond donors (Lipinski definition) is 2. The Morgan fingerprint density at radius 1 is 1.20 bits per heavy atom. The van der Waals surface area contributed by atoms with Crippen molar-refractivity contribution in [2.45, 2.75) is 58.2 Å². The maximum atomic E-state index is 9.36. The number of aromatic hydroxyl groups is 1. The van der Waals surface area contributed by atoms with Crippen LogP contribution in [0.1, 0.15) is 45.6 Å². The van der Waals surface area contributed by atoms with E-state index in [1.165, 1.54) is 31.4 Å². The van der Waals surface area contributed by atoms with Gasteiger partial charge in [0.2, 0.25) is 0 Å². The standard InChI is InChI=1S/C17H28N2O/c1-17(2,3)18-12-15-6-4-5-11-19(15)13-14-7-9-16(20)10-8-14/h7-10,15,18,20H,4-6,11-13H2,1-3H3. The van der Waals surface area contributed by atoms with Gasteiger partial charge in [0.25, 0.3) is 0 Å². The fraction of sp³-hybridized carbons (Fsp3) is 0.647. The third kappa shape index (κ3) is 4.80. The maximum Gasteiger partial charge on any atom is 0.115 e. The van der Waals surface area contributed by atoms with Gasteiger partial charge in [-0.25, -0.2) is 0 Å². The van der Waals surface area contributed by atoms with E-state index in [-0.39, 0.29) is 5.54 Å². The van der Waals surface area contributed by atoms with Crippen LogP contribution in [0.15, 0.2) is 24.3 Å². The molecule has 1 atom stereocenters. The number of nitrogens with one attached hydrogen (secondary N) is 1. The number of likely N-dealkylation sites (tertiary alicyclic amines) is 1. The van der Waals surface area contributed by atoms with E-state index in [1.807, 2.05) is 12.1 Å². The molecule has 3 heteroatoms. The van der Waals surface area contributed by atoms with E-state index in [0.717, 1.165) is 13.1 Å². The van der Waals surface area contributed by atoms with Gasteiger partial charge < -0.3 is 10.4 Å². The van der Waals surface area contributed by atoms with Crippen LogP contribution in [0.2, 0.25) is 0 Å². The van der Waals surface area contributed by atoms with Crippen LogP contribution < -0.4 is 5.32 Å². The normalized spacial score (nSPS) is 21.1. The van der Waals surface area contributed by atoms with Crippen molar-refractivity contribution in [3.8, 4) is 5.75 Å². The molecule has 1 heterocycles. The predicted octanol–water partition coefficient (Wildman–Crippen LogP) is 3.13. The molecule has 1 aliphatic rings. The molecule has 0 radical (unpaired) electrons. The third-order valence-corrected chi connectivity index (χ3v) is 3.94. The Morgan fingerprint density at radius 3 is 2.55 bits per heavy atom. The molecule has 0 aliphatic carbocycles. The Kier molecular flexibility index (Phi) is 5.06. The fourth-order valence-electron chi connectivity index (χ4n) is 2.76. The van der Waals surface area contributed by atoms with Crippen LogP contribution in [-0.4, -0.2) is 34.7 Å². The number of rotatable bonds is 4. The van der Waals surface area contributed by atoms with Crippen LogP contribution in [0.3, 0.4) is 0 Å². The smallest absolute Gasteiger partial charge is 0.115 e. The Balaban J connectivity index is 1.94. The second kappa shape index (κ2) is 6.59. The van der Waals surface area contributed by atoms with E-state index >= 15 is 0 Å². The van der Waals surface area contributed by atoms with E-state index < -0.39 is 0 Å². The lowest BCUT2D eigenvalue weighted by Crippen LogP contribution is -2.49. The number of nitrogens with zero attached hydrogens (tertiary/aromatic N) is 1. The van der Waals surface area contributed by atoms with E-state index in [9.17, 15) is 5.11 Å². The summed E-state index contributed by atoms with van der Waals surface area (Å²) in [7, 11) is 0. The van der Waals surface area contributed by atoms with Gasteiger partial charge in [0.15, 0.2) is 0 Å². The van der Waals surface area contributed by atoms with Crippen molar-refractivity contribution < 1.29 is 5.11 Å². The summed E-state index contributed by atoms with van der Waals surface area (Å²) >= 11 is 0. The number of benzene rings is 1. The van der Waals surface area contributed by atoms with Crippen LogP contribution >= 0.6 is 0 Å². The first-order valence-corrected chi connectivity index (χ1v) is 7.71. The van der Waals surface area contributed by atoms with Crippen molar-refractivity contribution in [2.24, 2.45) is 0 Å². The number of phenols is 1. The van der Waals surface area contributed by atoms with Crippen LogP contribution in [0.5, 0.6) is 5.75 Å². The minimum Gasteiger partial charge on any atom is -0.508 e. The molecule has 20 heavy (non-hydrogen) atoms. The van der Waals surface area contributed by atoms with E-state index in [1.54, 1.807) is 12.1 Å². The van der Waals surface area contributed by atoms with E-state index in [2.05, 4.69) is 31.0 Å². The van der Waals surface area contributed by atoms with Gasteiger partial charge in [-0.1, -0.05) is 18.6 Å². The van der Waals surface area contributed by atoms with Crippen LogP contribution in [0.4, 0.5) is 0 Å². The maximum absolute atomic E-state index is 9.36. The zero-order chi connectivity index (χ0) is 14.6. The molecule has 2 N–H and O–H groups in total. The second-order valence-corrected chi connectivity index (χ2v) is 6.92. The first kappa shape index (κ1) is 15.3. The fourth-order valence-corrected chi connectivity index (χ4v) is 2.76. The molecule has 0 aromatic heterocycles. The second-order valence-electron chi connectivity index (χ2n) is 6.92. The van der Waals surface area contributed by atoms with Crippen LogP contribution in [0, 0.1) is 0 Å². The van der Waals surface area contributed by atoms with Crippen LogP contribution in [-0.2, 0) is 6.54 Å². The topological polar surface area (TPSA) is 35.5 Å². The summed E-state index contributed by atoms with van der Waals surface area (Å²) in [6, 6.07) is 8.23. The molecule has 0 spiro atoms. The monoisotopic (exact) mass is 276 g/mol. The Labute approximate surface area is 123 Å². The first-order chi connectivity index (χ1) is 9.44. The highest BCUT2D eigenvalue weighted by atomic mass is 16.3. The highest BCUT2D eigenvalue weighted by Crippen LogP contribution is 2.20. The Morgan fingerprint density at radius 2 is 1.90 bits per heavy atom. The van der Waals surface area contributed by atoms with Gasteiger partial charge >= 0.3 is 0 Å². The van der Waals surface area contributed by atoms with Crippen molar-refractivity contribution in [1.82, 2.24) is 10.2 Å². The largest absolute Gasteiger partial charge is 0.508 e. The van der Waals surface area contributed by atoms with Crippen molar-refractivity contribution in [2.75, 3.05) is 13.1 Å². The number of hydrogen-bond acceptors (Lipinski definition) is 3. The number of piperidine rings is 1. The zero-order valence-corrected chi connectivity index (χ0v) is 13.0. The van der Waals surface area contributed by atoms with E-state index in [4.69, 9.17) is 0 Å². The molecule has 112 valence electrons. The van der Waals surface area contributed by atoms with Crippen molar-refractivity contribution in [3.63, 3.8) is 0 Å². The molecule has 0 amide bonds. The van der Waals surface area contributed by atoms with Gasteiger partial charge in [0, 0.05) is 24.7 Å². The summed E-state index contributed by atoms with van der Waals surface area (Å²) in [4.78, 5) is 2.58. The third-order valence-electron chi connectivity index (χ3n) is 3.94. The summed E-state index contributed by atoms with van der Waals surface area (Å²) in [5.74, 6) is 0.346. The summed E-state index contributed by atoms with van der Waals surface area (Å²) < 4.78 is 0. The molecule has 1 unspecified atom stereocenters. The van der Waals surface area contributed by atoms with E-state index in [0.29, 0.717) is 11.8 Å². The van der Waals surface area contributed by atoms with Gasteiger partial charge in [-0.05, 0) is 57.9 Å². The molecule has 2 rings (SSSR count). The van der Waals surface area contributed by atoms with Gasteiger partial charge in [-0.2, -0.15) is 0 Å². The summed E-state index contributed by atoms with van der Waals surface area (Å²) in [5, 5.41) is 13.0. The lowest BCUT2D eigenvalue weighted by Gasteiger charge is -2.37. The highest BCUT2D eigenvalue weighted by molar-refractivity contribution is 5.25. The van der Waals surface area contributed by atoms with Crippen molar-refractivity contribution in [1.29, 1.82) is 0 Å². The van der Waals surface area contributed by atoms with Gasteiger partial charge in [0.1, 0.15) is 5.75 Å². The van der Waals surface area contributed by atoms with Gasteiger partial charge in [-0.3, -0.25) is 4.90 Å². The zero-order valence-electron chi connectivity index (χ0n) is 13.0. The molecule has 1 fully saturated rings. The molecular weight excluding hydrogens is 248 g/mol. The lowest BCUT2D eigenvalue weighted by atomic mass is 9.99. The summed E-state index contributed by atoms with van der Waals surface area (Å²) in [6.07, 6.45) is 3.91. The summed E-state index contributed by atoms with van der Waals surface area (Å²) in [6.45, 7) is 9.89. The van der Waals surface area contributed by atoms with Gasteiger partial charge in [-0.15, -0.1) is 0 Å². The average Bonchev–Trinajstić information content (AvgIpc) is 2.39. The minimum atomic E-state index is 0.182. The Hall–Kier alpha value is -1.06. The quantitative estimate of drug-likeness (QED) is 0.887. The Bertz CT molecular complexity index is 408. The van der Waals surface area contributed by atoms with Crippen molar-refractivity contribution in [3.05, 3.63) is 29.8 Å². The average molecular weight is 276 g/mol. The van der Waals surface area contributed by atoms with Crippen molar-refractivity contribution >= 4 is 0 Å². The van der Waals surface area contributed by atoms with Gasteiger partial charge in [0.05, 0.1) is 0 Å². The SMILES string of the molecule is CC(C)(C)NCC1CCCCN1Cc1ccc(O)cc1. The molecule has 1 aromatic rings. The van der Waals surface area contributed by atoms with Crippen LogP contribution in [0.25, 0.3) is 0 Å². The molecule has 1 saturated heterocycles. The first-order valence-electron chi connectivity index (χ1n) is 7.71. The molecule has 3 nitrogen and oxygen atoms in total. The molecule has 0 saturated carbocycles. The highest BCUT2D eigenvalue weighted by Gasteiger charge is 2.23. The molecule has 1 aromatic carbocycles. The molecule has 1 aliphatic heterocycles.